The molecule has 146 valence electrons. The van der Waals surface area contributed by atoms with E-state index in [-0.39, 0.29) is 24.3 Å². The topological polar surface area (TPSA) is 85.4 Å². The van der Waals surface area contributed by atoms with E-state index in [1.165, 1.54) is 0 Å². The fourth-order valence-electron chi connectivity index (χ4n) is 3.46. The molecule has 29 heavy (non-hydrogen) atoms. The van der Waals surface area contributed by atoms with E-state index in [4.69, 9.17) is 0 Å². The monoisotopic (exact) mass is 386 g/mol. The van der Waals surface area contributed by atoms with E-state index in [0.717, 1.165) is 27.6 Å². The fourth-order valence-corrected chi connectivity index (χ4v) is 3.46. The Morgan fingerprint density at radius 2 is 1.59 bits per heavy atom. The van der Waals surface area contributed by atoms with Crippen molar-refractivity contribution in [3.63, 3.8) is 0 Å². The first-order chi connectivity index (χ1) is 14.1. The zero-order chi connectivity index (χ0) is 20.2. The normalized spacial score (nSPS) is 12.0. The molecule has 1 aromatic heterocycles. The zero-order valence-electron chi connectivity index (χ0n) is 15.8. The lowest BCUT2D eigenvalue weighted by molar-refractivity contribution is 0.0916. The van der Waals surface area contributed by atoms with E-state index < -0.39 is 0 Å². The average molecular weight is 386 g/mol. The Hall–Kier alpha value is -3.57. The SMILES string of the molecule is O=C(N[C@@H](CO)Cc1c[nH]c2ccccc12)c1ccc(-c2ccc(O)cc2)cc1. The van der Waals surface area contributed by atoms with Gasteiger partial charge in [-0.2, -0.15) is 0 Å². The number of rotatable bonds is 6. The number of carbonyl (C=O) groups excluding carboxylic acids is 1. The molecule has 1 atom stereocenters. The summed E-state index contributed by atoms with van der Waals surface area (Å²) in [7, 11) is 0. The number of aliphatic hydroxyl groups excluding tert-OH is 1. The standard InChI is InChI=1S/C24H22N2O3/c27-15-20(13-19-14-25-23-4-2-1-3-22(19)23)26-24(29)18-7-5-16(6-8-18)17-9-11-21(28)12-10-17/h1-12,14,20,25,27-28H,13,15H2,(H,26,29)/t20-/m1/s1. The van der Waals surface area contributed by atoms with E-state index in [9.17, 15) is 15.0 Å². The van der Waals surface area contributed by atoms with Gasteiger partial charge in [0.2, 0.25) is 0 Å². The van der Waals surface area contributed by atoms with Crippen LogP contribution in [0.5, 0.6) is 5.75 Å². The smallest absolute Gasteiger partial charge is 0.251 e. The minimum Gasteiger partial charge on any atom is -0.508 e. The van der Waals surface area contributed by atoms with Crippen LogP contribution < -0.4 is 5.32 Å². The third-order valence-corrected chi connectivity index (χ3v) is 5.04. The molecule has 4 N–H and O–H groups in total. The number of fused-ring (bicyclic) bond motifs is 1. The van der Waals surface area contributed by atoms with Crippen molar-refractivity contribution in [3.8, 4) is 16.9 Å². The van der Waals surface area contributed by atoms with Crippen LogP contribution in [0.15, 0.2) is 79.0 Å². The van der Waals surface area contributed by atoms with Crippen LogP contribution in [0.2, 0.25) is 0 Å². The Morgan fingerprint density at radius 1 is 0.931 bits per heavy atom. The molecule has 0 aliphatic carbocycles. The molecule has 1 amide bonds. The van der Waals surface area contributed by atoms with Gasteiger partial charge in [-0.25, -0.2) is 0 Å². The predicted molar refractivity (Wildman–Crippen MR) is 114 cm³/mol. The molecule has 0 spiro atoms. The van der Waals surface area contributed by atoms with Crippen LogP contribution in [0.4, 0.5) is 0 Å². The molecule has 0 radical (unpaired) electrons. The zero-order valence-corrected chi connectivity index (χ0v) is 15.8. The van der Waals surface area contributed by atoms with Crippen molar-refractivity contribution >= 4 is 16.8 Å². The second kappa shape index (κ2) is 8.20. The molecule has 0 saturated carbocycles. The molecule has 0 aliphatic heterocycles. The molecular weight excluding hydrogens is 364 g/mol. The van der Waals surface area contributed by atoms with Crippen LogP contribution in [-0.4, -0.2) is 33.8 Å². The predicted octanol–water partition coefficient (Wildman–Crippen LogP) is 3.87. The number of aromatic amines is 1. The molecule has 0 fully saturated rings. The highest BCUT2D eigenvalue weighted by Gasteiger charge is 2.16. The van der Waals surface area contributed by atoms with Gasteiger partial charge in [-0.15, -0.1) is 0 Å². The Balaban J connectivity index is 1.45. The lowest BCUT2D eigenvalue weighted by Crippen LogP contribution is -2.39. The largest absolute Gasteiger partial charge is 0.508 e. The summed E-state index contributed by atoms with van der Waals surface area (Å²) in [5.74, 6) is -0.00357. The Labute approximate surface area is 168 Å². The van der Waals surface area contributed by atoms with Crippen LogP contribution in [-0.2, 0) is 6.42 Å². The van der Waals surface area contributed by atoms with Gasteiger partial charge in [0.25, 0.3) is 5.91 Å². The van der Waals surface area contributed by atoms with Crippen LogP contribution in [0, 0.1) is 0 Å². The van der Waals surface area contributed by atoms with Crippen molar-refractivity contribution in [2.75, 3.05) is 6.61 Å². The third-order valence-electron chi connectivity index (χ3n) is 5.04. The Morgan fingerprint density at radius 3 is 2.28 bits per heavy atom. The van der Waals surface area contributed by atoms with Crippen molar-refractivity contribution in [1.29, 1.82) is 0 Å². The van der Waals surface area contributed by atoms with Crippen LogP contribution in [0.25, 0.3) is 22.0 Å². The number of benzene rings is 3. The van der Waals surface area contributed by atoms with Crippen molar-refractivity contribution in [2.24, 2.45) is 0 Å². The van der Waals surface area contributed by atoms with Gasteiger partial charge in [0.1, 0.15) is 5.75 Å². The van der Waals surface area contributed by atoms with Gasteiger partial charge >= 0.3 is 0 Å². The summed E-state index contributed by atoms with van der Waals surface area (Å²) in [4.78, 5) is 15.9. The van der Waals surface area contributed by atoms with Gasteiger partial charge in [-0.1, -0.05) is 42.5 Å². The molecule has 0 aliphatic rings. The summed E-state index contributed by atoms with van der Waals surface area (Å²) in [6, 6.07) is 21.8. The van der Waals surface area contributed by atoms with E-state index in [1.807, 2.05) is 54.7 Å². The second-order valence-electron chi connectivity index (χ2n) is 7.04. The highest BCUT2D eigenvalue weighted by atomic mass is 16.3. The Bertz CT molecular complexity index is 1120. The summed E-state index contributed by atoms with van der Waals surface area (Å²) in [6.45, 7) is -0.142. The van der Waals surface area contributed by atoms with Crippen LogP contribution >= 0.6 is 0 Å². The first kappa shape index (κ1) is 18.8. The summed E-state index contributed by atoms with van der Waals surface area (Å²) >= 11 is 0. The van der Waals surface area contributed by atoms with Gasteiger partial charge in [-0.05, 0) is 53.4 Å². The highest BCUT2D eigenvalue weighted by molar-refractivity contribution is 5.95. The highest BCUT2D eigenvalue weighted by Crippen LogP contribution is 2.22. The maximum Gasteiger partial charge on any atom is 0.251 e. The maximum absolute atomic E-state index is 12.6. The van der Waals surface area contributed by atoms with Crippen molar-refractivity contribution < 1.29 is 15.0 Å². The van der Waals surface area contributed by atoms with Crippen LogP contribution in [0.3, 0.4) is 0 Å². The van der Waals surface area contributed by atoms with Gasteiger partial charge in [0.15, 0.2) is 0 Å². The molecule has 5 heteroatoms. The minimum atomic E-state index is -0.376. The number of phenols is 1. The molecule has 4 aromatic rings. The summed E-state index contributed by atoms with van der Waals surface area (Å²) in [6.07, 6.45) is 2.46. The average Bonchev–Trinajstić information content (AvgIpc) is 3.17. The van der Waals surface area contributed by atoms with Gasteiger partial charge < -0.3 is 20.5 Å². The number of hydrogen-bond acceptors (Lipinski definition) is 3. The number of hydrogen-bond donors (Lipinski definition) is 4. The number of aromatic hydroxyl groups is 1. The second-order valence-corrected chi connectivity index (χ2v) is 7.04. The molecule has 0 saturated heterocycles. The number of aliphatic hydroxyl groups is 1. The number of amides is 1. The number of phenolic OH excluding ortho intramolecular Hbond substituents is 1. The number of para-hydroxylation sites is 1. The number of aromatic nitrogens is 1. The van der Waals surface area contributed by atoms with E-state index >= 15 is 0 Å². The number of nitrogens with one attached hydrogen (secondary N) is 2. The lowest BCUT2D eigenvalue weighted by Gasteiger charge is -2.16. The van der Waals surface area contributed by atoms with Crippen molar-refractivity contribution in [1.82, 2.24) is 10.3 Å². The lowest BCUT2D eigenvalue weighted by atomic mass is 10.0. The molecular formula is C24H22N2O3. The van der Waals surface area contributed by atoms with Gasteiger partial charge in [-0.3, -0.25) is 4.79 Å². The van der Waals surface area contributed by atoms with Crippen molar-refractivity contribution in [3.05, 3.63) is 90.1 Å². The Kier molecular flexibility index (Phi) is 5.31. The van der Waals surface area contributed by atoms with E-state index in [2.05, 4.69) is 10.3 Å². The number of H-pyrrole nitrogens is 1. The van der Waals surface area contributed by atoms with Gasteiger partial charge in [0, 0.05) is 22.7 Å². The third kappa shape index (κ3) is 4.15. The quantitative estimate of drug-likeness (QED) is 0.406. The van der Waals surface area contributed by atoms with Crippen molar-refractivity contribution in [2.45, 2.75) is 12.5 Å². The van der Waals surface area contributed by atoms with E-state index in [0.29, 0.717) is 12.0 Å². The molecule has 0 bridgehead atoms. The van der Waals surface area contributed by atoms with Crippen LogP contribution in [0.1, 0.15) is 15.9 Å². The number of carbonyl (C=O) groups is 1. The molecule has 4 rings (SSSR count). The molecule has 5 nitrogen and oxygen atoms in total. The molecule has 3 aromatic carbocycles. The minimum absolute atomic E-state index is 0.142. The molecule has 1 heterocycles. The first-order valence-corrected chi connectivity index (χ1v) is 9.50. The summed E-state index contributed by atoms with van der Waals surface area (Å²) < 4.78 is 0. The maximum atomic E-state index is 12.6. The molecule has 0 unspecified atom stereocenters. The van der Waals surface area contributed by atoms with E-state index in [1.54, 1.807) is 24.3 Å². The fraction of sp³-hybridized carbons (Fsp3) is 0.125. The van der Waals surface area contributed by atoms with Gasteiger partial charge in [0.05, 0.1) is 12.6 Å². The first-order valence-electron chi connectivity index (χ1n) is 9.50. The summed E-state index contributed by atoms with van der Waals surface area (Å²) in [5, 5.41) is 23.2. The summed E-state index contributed by atoms with van der Waals surface area (Å²) in [5.41, 5.74) is 4.55.